The van der Waals surface area contributed by atoms with Gasteiger partial charge in [0.05, 0.1) is 17.7 Å². The van der Waals surface area contributed by atoms with Gasteiger partial charge in [-0.15, -0.1) is 0 Å². The quantitative estimate of drug-likeness (QED) is 0.838. The molecule has 2 aliphatic heterocycles. The number of amides is 1. The van der Waals surface area contributed by atoms with Gasteiger partial charge in [0.25, 0.3) is 0 Å². The summed E-state index contributed by atoms with van der Waals surface area (Å²) in [6.45, 7) is 5.35. The Labute approximate surface area is 154 Å². The first-order chi connectivity index (χ1) is 12.4. The lowest BCUT2D eigenvalue weighted by Gasteiger charge is -2.31. The number of benzene rings is 1. The number of sulfonamides is 1. The van der Waals surface area contributed by atoms with Crippen LogP contribution < -0.4 is 14.8 Å². The first-order valence-corrected chi connectivity index (χ1v) is 10.7. The van der Waals surface area contributed by atoms with E-state index in [0.29, 0.717) is 44.1 Å². The summed E-state index contributed by atoms with van der Waals surface area (Å²) in [6.07, 6.45) is 1.41. The molecule has 1 amide bonds. The van der Waals surface area contributed by atoms with Gasteiger partial charge in [0, 0.05) is 13.1 Å². The third-order valence-corrected chi connectivity index (χ3v) is 6.79. The zero-order valence-corrected chi connectivity index (χ0v) is 16.0. The van der Waals surface area contributed by atoms with Gasteiger partial charge in [0.1, 0.15) is 13.2 Å². The van der Waals surface area contributed by atoms with Gasteiger partial charge in [0.2, 0.25) is 15.9 Å². The van der Waals surface area contributed by atoms with Crippen LogP contribution in [0.3, 0.4) is 0 Å². The van der Waals surface area contributed by atoms with Gasteiger partial charge < -0.3 is 14.8 Å². The Kier molecular flexibility index (Phi) is 5.72. The number of fused-ring (bicyclic) bond motifs is 1. The van der Waals surface area contributed by atoms with E-state index in [4.69, 9.17) is 9.47 Å². The largest absolute Gasteiger partial charge is 0.486 e. The van der Waals surface area contributed by atoms with Crippen LogP contribution >= 0.6 is 0 Å². The number of rotatable bonds is 5. The summed E-state index contributed by atoms with van der Waals surface area (Å²) in [5.41, 5.74) is 0.927. The van der Waals surface area contributed by atoms with Crippen LogP contribution in [0.2, 0.25) is 0 Å². The number of hydrogen-bond donors (Lipinski definition) is 1. The van der Waals surface area contributed by atoms with Crippen LogP contribution in [0.5, 0.6) is 11.5 Å². The zero-order valence-electron chi connectivity index (χ0n) is 15.2. The van der Waals surface area contributed by atoms with Crippen LogP contribution in [0.4, 0.5) is 0 Å². The molecule has 0 unspecified atom stereocenters. The fraction of sp³-hybridized carbons (Fsp3) is 0.611. The fourth-order valence-electron chi connectivity index (χ4n) is 3.34. The normalized spacial score (nSPS) is 21.8. The van der Waals surface area contributed by atoms with Gasteiger partial charge in [-0.25, -0.2) is 12.7 Å². The van der Waals surface area contributed by atoms with E-state index < -0.39 is 10.0 Å². The molecule has 1 saturated heterocycles. The summed E-state index contributed by atoms with van der Waals surface area (Å²) in [5, 5.41) is 3.01. The van der Waals surface area contributed by atoms with Gasteiger partial charge in [-0.1, -0.05) is 6.07 Å². The predicted octanol–water partition coefficient (Wildman–Crippen LogP) is 1.70. The Balaban J connectivity index is 1.64. The van der Waals surface area contributed by atoms with E-state index in [9.17, 15) is 13.2 Å². The topological polar surface area (TPSA) is 84.9 Å². The van der Waals surface area contributed by atoms with Crippen molar-refractivity contribution in [2.45, 2.75) is 32.7 Å². The molecule has 0 saturated carbocycles. The average molecular weight is 382 g/mol. The molecule has 0 aliphatic carbocycles. The number of nitrogens with zero attached hydrogens (tertiary/aromatic N) is 1. The molecule has 144 valence electrons. The summed E-state index contributed by atoms with van der Waals surface area (Å²) in [6, 6.07) is 5.45. The molecule has 1 aromatic carbocycles. The Morgan fingerprint density at radius 3 is 2.77 bits per heavy atom. The second-order valence-corrected chi connectivity index (χ2v) is 8.99. The van der Waals surface area contributed by atoms with E-state index in [1.165, 1.54) is 4.31 Å². The highest BCUT2D eigenvalue weighted by atomic mass is 32.2. The summed E-state index contributed by atoms with van der Waals surface area (Å²) in [7, 11) is -3.26. The first-order valence-electron chi connectivity index (χ1n) is 9.08. The second-order valence-electron chi connectivity index (χ2n) is 6.73. The smallest absolute Gasteiger partial charge is 0.224 e. The minimum absolute atomic E-state index is 0.0644. The van der Waals surface area contributed by atoms with Crippen molar-refractivity contribution in [3.8, 4) is 11.5 Å². The van der Waals surface area contributed by atoms with Crippen molar-refractivity contribution < 1.29 is 22.7 Å². The van der Waals surface area contributed by atoms with Crippen LogP contribution in [-0.2, 0) is 14.8 Å². The lowest BCUT2D eigenvalue weighted by atomic mass is 9.97. The Morgan fingerprint density at radius 1 is 1.31 bits per heavy atom. The highest BCUT2D eigenvalue weighted by molar-refractivity contribution is 7.89. The minimum Gasteiger partial charge on any atom is -0.486 e. The molecule has 0 spiro atoms. The van der Waals surface area contributed by atoms with E-state index >= 15 is 0 Å². The summed E-state index contributed by atoms with van der Waals surface area (Å²) >= 11 is 0. The van der Waals surface area contributed by atoms with Crippen molar-refractivity contribution in [3.05, 3.63) is 23.8 Å². The molecule has 8 heteroatoms. The number of hydrogen-bond acceptors (Lipinski definition) is 5. The van der Waals surface area contributed by atoms with Crippen LogP contribution in [0.1, 0.15) is 38.3 Å². The highest BCUT2D eigenvalue weighted by Crippen LogP contribution is 2.32. The molecule has 0 bridgehead atoms. The van der Waals surface area contributed by atoms with Crippen LogP contribution in [-0.4, -0.2) is 50.7 Å². The van der Waals surface area contributed by atoms with E-state index in [1.54, 1.807) is 6.92 Å². The van der Waals surface area contributed by atoms with Gasteiger partial charge in [0.15, 0.2) is 11.5 Å². The number of carbonyl (C=O) groups excluding carboxylic acids is 1. The summed E-state index contributed by atoms with van der Waals surface area (Å²) in [5.74, 6) is 1.04. The molecule has 26 heavy (non-hydrogen) atoms. The Morgan fingerprint density at radius 2 is 2.04 bits per heavy atom. The Bertz CT molecular complexity index is 765. The SMILES string of the molecule is CCS(=O)(=O)N1CCC[C@H](C(=O)N[C@@H](C)c2ccc3c(c2)OCCO3)C1. The molecule has 7 nitrogen and oxygen atoms in total. The monoisotopic (exact) mass is 382 g/mol. The third kappa shape index (κ3) is 4.12. The average Bonchev–Trinajstić information content (AvgIpc) is 2.67. The van der Waals surface area contributed by atoms with Crippen molar-refractivity contribution in [3.63, 3.8) is 0 Å². The predicted molar refractivity (Wildman–Crippen MR) is 97.7 cm³/mol. The molecular formula is C18H26N2O5S. The molecule has 2 atom stereocenters. The van der Waals surface area contributed by atoms with Crippen molar-refractivity contribution in [1.82, 2.24) is 9.62 Å². The van der Waals surface area contributed by atoms with Gasteiger partial charge in [-0.2, -0.15) is 0 Å². The summed E-state index contributed by atoms with van der Waals surface area (Å²) in [4.78, 5) is 12.6. The lowest BCUT2D eigenvalue weighted by Crippen LogP contribution is -2.46. The van der Waals surface area contributed by atoms with Crippen LogP contribution in [0.25, 0.3) is 0 Å². The maximum absolute atomic E-state index is 12.6. The second kappa shape index (κ2) is 7.84. The highest BCUT2D eigenvalue weighted by Gasteiger charge is 2.32. The van der Waals surface area contributed by atoms with Gasteiger partial charge in [-0.3, -0.25) is 4.79 Å². The van der Waals surface area contributed by atoms with E-state index in [-0.39, 0.29) is 30.2 Å². The lowest BCUT2D eigenvalue weighted by molar-refractivity contribution is -0.126. The van der Waals surface area contributed by atoms with E-state index in [2.05, 4.69) is 5.32 Å². The minimum atomic E-state index is -3.26. The maximum Gasteiger partial charge on any atom is 0.224 e. The molecule has 0 aromatic heterocycles. The molecule has 1 aromatic rings. The molecule has 0 radical (unpaired) electrons. The maximum atomic E-state index is 12.6. The number of nitrogens with one attached hydrogen (secondary N) is 1. The molecule has 1 N–H and O–H groups in total. The molecule has 2 heterocycles. The molecule has 1 fully saturated rings. The Hall–Kier alpha value is -1.80. The van der Waals surface area contributed by atoms with Gasteiger partial charge in [-0.05, 0) is 44.4 Å². The first kappa shape index (κ1) is 19.0. The van der Waals surface area contributed by atoms with E-state index in [0.717, 1.165) is 5.56 Å². The van der Waals surface area contributed by atoms with Crippen molar-refractivity contribution in [2.24, 2.45) is 5.92 Å². The van der Waals surface area contributed by atoms with Gasteiger partial charge >= 0.3 is 0 Å². The van der Waals surface area contributed by atoms with Crippen molar-refractivity contribution in [1.29, 1.82) is 0 Å². The standard InChI is InChI=1S/C18H26N2O5S/c1-3-26(22,23)20-8-4-5-15(12-20)18(21)19-13(2)14-6-7-16-17(11-14)25-10-9-24-16/h6-7,11,13,15H,3-5,8-10,12H2,1-2H3,(H,19,21)/t13-,15-/m0/s1. The number of piperidine rings is 1. The third-order valence-electron chi connectivity index (χ3n) is 4.94. The number of ether oxygens (including phenoxy) is 2. The van der Waals surface area contributed by atoms with E-state index in [1.807, 2.05) is 25.1 Å². The summed E-state index contributed by atoms with van der Waals surface area (Å²) < 4.78 is 36.7. The van der Waals surface area contributed by atoms with Crippen molar-refractivity contribution >= 4 is 15.9 Å². The fourth-order valence-corrected chi connectivity index (χ4v) is 4.51. The van der Waals surface area contributed by atoms with Crippen molar-refractivity contribution in [2.75, 3.05) is 32.1 Å². The van der Waals surface area contributed by atoms with Crippen LogP contribution in [0, 0.1) is 5.92 Å². The molecule has 2 aliphatic rings. The molecular weight excluding hydrogens is 356 g/mol. The molecule has 3 rings (SSSR count). The number of carbonyl (C=O) groups is 1. The van der Waals surface area contributed by atoms with Crippen LogP contribution in [0.15, 0.2) is 18.2 Å². The zero-order chi connectivity index (χ0) is 18.7.